The molecule has 92 valence electrons. The van der Waals surface area contributed by atoms with Gasteiger partial charge in [0.1, 0.15) is 0 Å². The molecule has 0 aromatic heterocycles. The van der Waals surface area contributed by atoms with Gasteiger partial charge in [-0.05, 0) is 50.2 Å². The Morgan fingerprint density at radius 1 is 1.00 bits per heavy atom. The van der Waals surface area contributed by atoms with E-state index in [0.717, 1.165) is 11.8 Å². The van der Waals surface area contributed by atoms with Crippen molar-refractivity contribution in [2.45, 2.75) is 54.4 Å². The van der Waals surface area contributed by atoms with Gasteiger partial charge in [-0.15, -0.1) is 0 Å². The summed E-state index contributed by atoms with van der Waals surface area (Å²) in [6.07, 6.45) is 2.62. The zero-order valence-corrected chi connectivity index (χ0v) is 11.9. The molecule has 0 fully saturated rings. The number of hydrogen-bond acceptors (Lipinski definition) is 1. The molecule has 0 N–H and O–H groups in total. The predicted octanol–water partition coefficient (Wildman–Crippen LogP) is 4.04. The minimum absolute atomic E-state index is 0.470. The van der Waals surface area contributed by atoms with Crippen LogP contribution in [0.15, 0.2) is 0 Å². The Labute approximate surface area is 97.2 Å². The van der Waals surface area contributed by atoms with Crippen LogP contribution >= 0.6 is 0 Å². The van der Waals surface area contributed by atoms with Gasteiger partial charge in [0.25, 0.3) is 0 Å². The Balaban J connectivity index is 3.62. The van der Waals surface area contributed by atoms with Crippen molar-refractivity contribution in [3.8, 4) is 0 Å². The van der Waals surface area contributed by atoms with E-state index in [-0.39, 0.29) is 0 Å². The average Bonchev–Trinajstić information content (AvgIpc) is 2.09. The van der Waals surface area contributed by atoms with E-state index in [2.05, 4.69) is 53.5 Å². The molecule has 0 aromatic rings. The summed E-state index contributed by atoms with van der Waals surface area (Å²) in [5.41, 5.74) is 0.470. The van der Waals surface area contributed by atoms with Gasteiger partial charge in [-0.1, -0.05) is 41.5 Å². The van der Waals surface area contributed by atoms with Crippen molar-refractivity contribution in [1.29, 1.82) is 0 Å². The van der Waals surface area contributed by atoms with E-state index in [4.69, 9.17) is 0 Å². The zero-order chi connectivity index (χ0) is 12.1. The smallest absolute Gasteiger partial charge is 0.00168 e. The summed E-state index contributed by atoms with van der Waals surface area (Å²) >= 11 is 0. The third-order valence-corrected chi connectivity index (χ3v) is 3.35. The van der Waals surface area contributed by atoms with Gasteiger partial charge in [-0.2, -0.15) is 0 Å². The second kappa shape index (κ2) is 6.52. The van der Waals surface area contributed by atoms with Crippen LogP contribution in [0, 0.1) is 17.3 Å². The summed E-state index contributed by atoms with van der Waals surface area (Å²) in [7, 11) is 2.25. The summed E-state index contributed by atoms with van der Waals surface area (Å²) < 4.78 is 0. The van der Waals surface area contributed by atoms with Gasteiger partial charge in [-0.25, -0.2) is 0 Å². The second-order valence-corrected chi connectivity index (χ2v) is 6.62. The van der Waals surface area contributed by atoms with Crippen LogP contribution in [0.3, 0.4) is 0 Å². The molecule has 0 aliphatic heterocycles. The van der Waals surface area contributed by atoms with Crippen LogP contribution in [0.2, 0.25) is 0 Å². The minimum atomic E-state index is 0.470. The molecule has 0 amide bonds. The largest absolute Gasteiger partial charge is 0.306 e. The normalized spacial score (nSPS) is 15.0. The molecule has 1 atom stereocenters. The van der Waals surface area contributed by atoms with E-state index in [1.165, 1.54) is 25.9 Å². The van der Waals surface area contributed by atoms with Crippen LogP contribution in [0.5, 0.6) is 0 Å². The van der Waals surface area contributed by atoms with Crippen LogP contribution < -0.4 is 0 Å². The second-order valence-electron chi connectivity index (χ2n) is 6.62. The summed E-state index contributed by atoms with van der Waals surface area (Å²) in [4.78, 5) is 2.48. The molecule has 0 saturated heterocycles. The first-order chi connectivity index (χ1) is 6.72. The van der Waals surface area contributed by atoms with Crippen LogP contribution in [-0.2, 0) is 0 Å². The van der Waals surface area contributed by atoms with Crippen molar-refractivity contribution in [2.75, 3.05) is 20.1 Å². The number of nitrogens with zero attached hydrogens (tertiary/aromatic N) is 1. The lowest BCUT2D eigenvalue weighted by atomic mass is 9.91. The monoisotopic (exact) mass is 213 g/mol. The standard InChI is InChI=1S/C14H31N/c1-12(2)13(3)8-10-15(7)11-9-14(4,5)6/h12-13H,8-11H2,1-7H3/t13-/m1/s1. The average molecular weight is 213 g/mol. The summed E-state index contributed by atoms with van der Waals surface area (Å²) in [5.74, 6) is 1.67. The van der Waals surface area contributed by atoms with Gasteiger partial charge in [0.05, 0.1) is 0 Å². The lowest BCUT2D eigenvalue weighted by Gasteiger charge is -2.25. The highest BCUT2D eigenvalue weighted by molar-refractivity contribution is 4.65. The van der Waals surface area contributed by atoms with Crippen LogP contribution in [0.25, 0.3) is 0 Å². The molecule has 0 unspecified atom stereocenters. The third-order valence-electron chi connectivity index (χ3n) is 3.35. The molecule has 15 heavy (non-hydrogen) atoms. The van der Waals surface area contributed by atoms with Crippen LogP contribution in [0.4, 0.5) is 0 Å². The van der Waals surface area contributed by atoms with E-state index >= 15 is 0 Å². The van der Waals surface area contributed by atoms with Gasteiger partial charge in [-0.3, -0.25) is 0 Å². The quantitative estimate of drug-likeness (QED) is 0.644. The maximum atomic E-state index is 2.48. The van der Waals surface area contributed by atoms with Gasteiger partial charge in [0, 0.05) is 0 Å². The molecule has 0 rings (SSSR count). The highest BCUT2D eigenvalue weighted by Gasteiger charge is 2.12. The molecule has 0 spiro atoms. The van der Waals surface area contributed by atoms with Crippen molar-refractivity contribution in [1.82, 2.24) is 4.90 Å². The lowest BCUT2D eigenvalue weighted by molar-refractivity contribution is 0.240. The topological polar surface area (TPSA) is 3.24 Å². The van der Waals surface area contributed by atoms with Gasteiger partial charge >= 0.3 is 0 Å². The molecule has 0 radical (unpaired) electrons. The summed E-state index contributed by atoms with van der Waals surface area (Å²) in [6.45, 7) is 16.4. The van der Waals surface area contributed by atoms with E-state index in [9.17, 15) is 0 Å². The molecule has 0 saturated carbocycles. The van der Waals surface area contributed by atoms with Crippen molar-refractivity contribution in [3.63, 3.8) is 0 Å². The van der Waals surface area contributed by atoms with Gasteiger partial charge in [0.15, 0.2) is 0 Å². The van der Waals surface area contributed by atoms with E-state index in [1.807, 2.05) is 0 Å². The number of hydrogen-bond donors (Lipinski definition) is 0. The van der Waals surface area contributed by atoms with Crippen LogP contribution in [0.1, 0.15) is 54.4 Å². The van der Waals surface area contributed by atoms with Gasteiger partial charge in [0.2, 0.25) is 0 Å². The first kappa shape index (κ1) is 15.0. The maximum Gasteiger partial charge on any atom is -0.00168 e. The first-order valence-corrected chi connectivity index (χ1v) is 6.41. The molecule has 0 bridgehead atoms. The van der Waals surface area contributed by atoms with Crippen molar-refractivity contribution in [2.24, 2.45) is 17.3 Å². The highest BCUT2D eigenvalue weighted by Crippen LogP contribution is 2.19. The zero-order valence-electron chi connectivity index (χ0n) is 11.9. The SMILES string of the molecule is CC(C)[C@H](C)CCN(C)CCC(C)(C)C. The fourth-order valence-corrected chi connectivity index (χ4v) is 1.40. The van der Waals surface area contributed by atoms with Crippen molar-refractivity contribution in [3.05, 3.63) is 0 Å². The van der Waals surface area contributed by atoms with Gasteiger partial charge < -0.3 is 4.90 Å². The van der Waals surface area contributed by atoms with Crippen LogP contribution in [-0.4, -0.2) is 25.0 Å². The Hall–Kier alpha value is -0.0400. The molecular weight excluding hydrogens is 182 g/mol. The maximum absolute atomic E-state index is 2.48. The molecule has 1 nitrogen and oxygen atoms in total. The Bertz CT molecular complexity index is 155. The molecule has 0 heterocycles. The molecule has 0 aliphatic carbocycles. The Morgan fingerprint density at radius 2 is 1.53 bits per heavy atom. The fraction of sp³-hybridized carbons (Fsp3) is 1.00. The lowest BCUT2D eigenvalue weighted by Crippen LogP contribution is -2.26. The molecule has 1 heteroatoms. The summed E-state index contributed by atoms with van der Waals surface area (Å²) in [6, 6.07) is 0. The van der Waals surface area contributed by atoms with E-state index < -0.39 is 0 Å². The molecule has 0 aromatic carbocycles. The van der Waals surface area contributed by atoms with E-state index in [0.29, 0.717) is 5.41 Å². The Kier molecular flexibility index (Phi) is 6.51. The number of rotatable bonds is 6. The highest BCUT2D eigenvalue weighted by atomic mass is 15.1. The Morgan fingerprint density at radius 3 is 1.93 bits per heavy atom. The first-order valence-electron chi connectivity index (χ1n) is 6.41. The third kappa shape index (κ3) is 8.92. The summed E-state index contributed by atoms with van der Waals surface area (Å²) in [5, 5.41) is 0. The molecule has 0 aliphatic rings. The van der Waals surface area contributed by atoms with E-state index in [1.54, 1.807) is 0 Å². The minimum Gasteiger partial charge on any atom is -0.306 e. The fourth-order valence-electron chi connectivity index (χ4n) is 1.40. The van der Waals surface area contributed by atoms with Crippen molar-refractivity contribution < 1.29 is 0 Å². The predicted molar refractivity (Wildman–Crippen MR) is 70.2 cm³/mol. The molecular formula is C14H31N. The van der Waals surface area contributed by atoms with Crippen molar-refractivity contribution >= 4 is 0 Å².